The molecule has 2 N–H and O–H groups in total. The van der Waals surface area contributed by atoms with E-state index in [1.807, 2.05) is 6.92 Å². The van der Waals surface area contributed by atoms with Gasteiger partial charge in [-0.2, -0.15) is 0 Å². The van der Waals surface area contributed by atoms with Gasteiger partial charge in [-0.1, -0.05) is 31.5 Å². The van der Waals surface area contributed by atoms with Gasteiger partial charge in [0.25, 0.3) is 0 Å². The number of amides is 1. The van der Waals surface area contributed by atoms with E-state index in [-0.39, 0.29) is 36.0 Å². The maximum atomic E-state index is 13.7. The van der Waals surface area contributed by atoms with Gasteiger partial charge in [-0.15, -0.1) is 0 Å². The fourth-order valence-corrected chi connectivity index (χ4v) is 4.02. The van der Waals surface area contributed by atoms with E-state index in [1.165, 1.54) is 11.8 Å². The first-order valence-electron chi connectivity index (χ1n) is 9.93. The zero-order chi connectivity index (χ0) is 22.1. The molecule has 160 valence electrons. The first-order valence-corrected chi connectivity index (χ1v) is 9.93. The zero-order valence-electron chi connectivity index (χ0n) is 17.6. The number of carbonyl (C=O) groups excluding carboxylic acids is 3. The van der Waals surface area contributed by atoms with E-state index >= 15 is 0 Å². The molecule has 0 unspecified atom stereocenters. The fraction of sp³-hybridized carbons (Fsp3) is 0.409. The largest absolute Gasteiger partial charge is 0.462 e. The number of likely N-dealkylation sites (N-methyl/N-ethyl adjacent to an activating group) is 1. The molecule has 2 aliphatic rings. The number of unbranched alkanes of at least 4 members (excludes halogenated alkanes) is 1. The molecule has 30 heavy (non-hydrogen) atoms. The summed E-state index contributed by atoms with van der Waals surface area (Å²) in [5.41, 5.74) is 5.08. The number of nitrogens with two attached hydrogens (primary N) is 1. The van der Waals surface area contributed by atoms with Crippen molar-refractivity contribution in [2.45, 2.75) is 39.0 Å². The van der Waals surface area contributed by atoms with Crippen LogP contribution in [0.15, 0.2) is 47.1 Å². The molecule has 0 saturated carbocycles. The average Bonchev–Trinajstić information content (AvgIpc) is 2.91. The second-order valence-electron chi connectivity index (χ2n) is 7.11. The van der Waals surface area contributed by atoms with Crippen LogP contribution in [0.3, 0.4) is 0 Å². The molecule has 0 bridgehead atoms. The molecule has 0 aliphatic carbocycles. The number of allylic oxidation sites excluding steroid dienone is 1. The van der Waals surface area contributed by atoms with Gasteiger partial charge in [0.15, 0.2) is 0 Å². The number of benzene rings is 1. The second kappa shape index (κ2) is 8.22. The summed E-state index contributed by atoms with van der Waals surface area (Å²) in [7, 11) is 1.58. The van der Waals surface area contributed by atoms with Crippen molar-refractivity contribution in [1.29, 1.82) is 0 Å². The van der Waals surface area contributed by atoms with Crippen LogP contribution in [0.1, 0.15) is 39.2 Å². The van der Waals surface area contributed by atoms with Crippen LogP contribution in [-0.2, 0) is 34.0 Å². The highest BCUT2D eigenvalue weighted by Crippen LogP contribution is 2.54. The highest BCUT2D eigenvalue weighted by molar-refractivity contribution is 6.22. The van der Waals surface area contributed by atoms with Gasteiger partial charge in [-0.3, -0.25) is 4.79 Å². The van der Waals surface area contributed by atoms with Crippen molar-refractivity contribution in [2.75, 3.05) is 25.2 Å². The Kier molecular flexibility index (Phi) is 5.87. The van der Waals surface area contributed by atoms with Crippen LogP contribution >= 0.6 is 0 Å². The molecule has 0 radical (unpaired) electrons. The molecule has 1 atom stereocenters. The molecular formula is C22H26N2O6. The van der Waals surface area contributed by atoms with Crippen LogP contribution in [0, 0.1) is 0 Å². The van der Waals surface area contributed by atoms with Gasteiger partial charge < -0.3 is 24.8 Å². The lowest BCUT2D eigenvalue weighted by Gasteiger charge is -2.36. The smallest absolute Gasteiger partial charge is 0.341 e. The number of carbonyl (C=O) groups is 3. The molecule has 2 aliphatic heterocycles. The monoisotopic (exact) mass is 414 g/mol. The molecule has 8 heteroatoms. The standard InChI is InChI=1S/C22H26N2O6/c1-5-7-12-29-20(26)17-18(23)30-13(3)16(19(25)28-6-2)22(17)14-10-8-9-11-15(14)24(4)21(22)27/h8-11H,5-7,12,23H2,1-4H3/t22-/m1/s1. The van der Waals surface area contributed by atoms with Crippen LogP contribution in [0.25, 0.3) is 0 Å². The summed E-state index contributed by atoms with van der Waals surface area (Å²) in [5.74, 6) is -2.21. The third-order valence-electron chi connectivity index (χ3n) is 5.32. The fourth-order valence-electron chi connectivity index (χ4n) is 4.02. The number of nitrogens with zero attached hydrogens (tertiary/aromatic N) is 1. The van der Waals surface area contributed by atoms with Crippen molar-refractivity contribution in [2.24, 2.45) is 5.73 Å². The summed E-state index contributed by atoms with van der Waals surface area (Å²) in [6.45, 7) is 5.39. The van der Waals surface area contributed by atoms with Crippen molar-refractivity contribution in [3.63, 3.8) is 0 Å². The summed E-state index contributed by atoms with van der Waals surface area (Å²) < 4.78 is 16.2. The quantitative estimate of drug-likeness (QED) is 0.562. The third-order valence-corrected chi connectivity index (χ3v) is 5.32. The minimum Gasteiger partial charge on any atom is -0.462 e. The molecule has 1 aromatic rings. The van der Waals surface area contributed by atoms with Crippen molar-refractivity contribution in [3.05, 3.63) is 52.6 Å². The molecule has 0 fully saturated rings. The predicted octanol–water partition coefficient (Wildman–Crippen LogP) is 2.28. The summed E-state index contributed by atoms with van der Waals surface area (Å²) in [4.78, 5) is 41.3. The Hall–Kier alpha value is -3.29. The first-order chi connectivity index (χ1) is 14.3. The lowest BCUT2D eigenvalue weighted by atomic mass is 9.67. The Morgan fingerprint density at radius 3 is 2.47 bits per heavy atom. The van der Waals surface area contributed by atoms with Crippen LogP contribution in [0.4, 0.5) is 5.69 Å². The normalized spacial score (nSPS) is 20.4. The van der Waals surface area contributed by atoms with Crippen LogP contribution < -0.4 is 10.6 Å². The molecule has 2 heterocycles. The predicted molar refractivity (Wildman–Crippen MR) is 109 cm³/mol. The third kappa shape index (κ3) is 3.03. The SMILES string of the molecule is CCCCOC(=O)C1=C(N)OC(C)=C(C(=O)OCC)[C@@]12C(=O)N(C)c1ccccc12. The molecule has 3 rings (SSSR count). The van der Waals surface area contributed by atoms with E-state index in [0.717, 1.165) is 6.42 Å². The van der Waals surface area contributed by atoms with E-state index in [1.54, 1.807) is 38.2 Å². The molecule has 8 nitrogen and oxygen atoms in total. The number of para-hydroxylation sites is 1. The van der Waals surface area contributed by atoms with Crippen LogP contribution in [0.2, 0.25) is 0 Å². The number of rotatable bonds is 6. The minimum atomic E-state index is -1.80. The zero-order valence-corrected chi connectivity index (χ0v) is 17.6. The number of hydrogen-bond acceptors (Lipinski definition) is 7. The maximum Gasteiger partial charge on any atom is 0.341 e. The van der Waals surface area contributed by atoms with E-state index in [4.69, 9.17) is 19.9 Å². The van der Waals surface area contributed by atoms with Crippen molar-refractivity contribution >= 4 is 23.5 Å². The molecule has 1 spiro atoms. The number of esters is 2. The molecule has 0 saturated heterocycles. The highest BCUT2D eigenvalue weighted by Gasteiger charge is 2.63. The first kappa shape index (κ1) is 21.4. The molecule has 0 aromatic heterocycles. The van der Waals surface area contributed by atoms with Gasteiger partial charge in [0.05, 0.1) is 13.2 Å². The molecule has 1 amide bonds. The number of ether oxygens (including phenoxy) is 3. The Morgan fingerprint density at radius 2 is 1.80 bits per heavy atom. The van der Waals surface area contributed by atoms with Crippen molar-refractivity contribution in [3.8, 4) is 0 Å². The molecular weight excluding hydrogens is 388 g/mol. The Labute approximate surface area is 175 Å². The summed E-state index contributed by atoms with van der Waals surface area (Å²) in [6, 6.07) is 6.94. The van der Waals surface area contributed by atoms with Gasteiger partial charge in [0, 0.05) is 18.3 Å². The van der Waals surface area contributed by atoms with Crippen molar-refractivity contribution in [1.82, 2.24) is 0 Å². The highest BCUT2D eigenvalue weighted by atomic mass is 16.5. The lowest BCUT2D eigenvalue weighted by Crippen LogP contribution is -2.50. The van der Waals surface area contributed by atoms with Gasteiger partial charge >= 0.3 is 11.9 Å². The summed E-state index contributed by atoms with van der Waals surface area (Å²) >= 11 is 0. The Balaban J connectivity index is 2.30. The average molecular weight is 414 g/mol. The number of fused-ring (bicyclic) bond motifs is 2. The van der Waals surface area contributed by atoms with E-state index in [2.05, 4.69) is 0 Å². The van der Waals surface area contributed by atoms with E-state index in [0.29, 0.717) is 17.7 Å². The van der Waals surface area contributed by atoms with Gasteiger partial charge in [-0.25, -0.2) is 9.59 Å². The van der Waals surface area contributed by atoms with E-state index < -0.39 is 23.3 Å². The second-order valence-corrected chi connectivity index (χ2v) is 7.11. The maximum absolute atomic E-state index is 13.7. The van der Waals surface area contributed by atoms with Crippen molar-refractivity contribution < 1.29 is 28.6 Å². The van der Waals surface area contributed by atoms with Crippen LogP contribution in [0.5, 0.6) is 0 Å². The van der Waals surface area contributed by atoms with Gasteiger partial charge in [0.1, 0.15) is 22.3 Å². The van der Waals surface area contributed by atoms with Crippen LogP contribution in [-0.4, -0.2) is 38.1 Å². The molecule has 1 aromatic carbocycles. The Bertz CT molecular complexity index is 964. The summed E-state index contributed by atoms with van der Waals surface area (Å²) in [5, 5.41) is 0. The lowest BCUT2D eigenvalue weighted by molar-refractivity contribution is -0.143. The van der Waals surface area contributed by atoms with E-state index in [9.17, 15) is 14.4 Å². The summed E-state index contributed by atoms with van der Waals surface area (Å²) in [6.07, 6.45) is 1.47. The number of anilines is 1. The minimum absolute atomic E-state index is 0.0669. The van der Waals surface area contributed by atoms with Gasteiger partial charge in [-0.05, 0) is 26.3 Å². The number of hydrogen-bond donors (Lipinski definition) is 1. The van der Waals surface area contributed by atoms with Gasteiger partial charge in [0.2, 0.25) is 11.8 Å². The Morgan fingerprint density at radius 1 is 1.13 bits per heavy atom. The topological polar surface area (TPSA) is 108 Å².